The van der Waals surface area contributed by atoms with Crippen molar-refractivity contribution >= 4 is 12.4 Å². The normalized spacial score (nSPS) is 25.0. The molecule has 0 bridgehead atoms. The topological polar surface area (TPSA) is 28.2 Å². The van der Waals surface area contributed by atoms with Crippen LogP contribution < -0.4 is 5.32 Å². The molecule has 1 saturated heterocycles. The predicted octanol–water partition coefficient (Wildman–Crippen LogP) is 3.42. The molecule has 1 aromatic heterocycles. The molecule has 1 aliphatic carbocycles. The molecule has 1 aliphatic heterocycles. The Balaban J connectivity index is 0.00000161. The van der Waals surface area contributed by atoms with Gasteiger partial charge < -0.3 is 5.32 Å². The summed E-state index contributed by atoms with van der Waals surface area (Å²) in [6, 6.07) is 4.80. The van der Waals surface area contributed by atoms with Gasteiger partial charge >= 0.3 is 0 Å². The lowest BCUT2D eigenvalue weighted by Crippen LogP contribution is -2.47. The van der Waals surface area contributed by atoms with E-state index in [-0.39, 0.29) is 12.4 Å². The van der Waals surface area contributed by atoms with E-state index < -0.39 is 0 Å². The van der Waals surface area contributed by atoms with Crippen LogP contribution in [0.3, 0.4) is 0 Å². The van der Waals surface area contributed by atoms with Gasteiger partial charge in [-0.3, -0.25) is 9.88 Å². The molecule has 0 amide bonds. The molecule has 2 heterocycles. The Hall–Kier alpha value is -0.640. The molecule has 0 spiro atoms. The van der Waals surface area contributed by atoms with Crippen molar-refractivity contribution in [2.24, 2.45) is 5.92 Å². The zero-order chi connectivity index (χ0) is 13.6. The molecule has 21 heavy (non-hydrogen) atoms. The van der Waals surface area contributed by atoms with Gasteiger partial charge in [-0.05, 0) is 30.4 Å². The highest BCUT2D eigenvalue weighted by Crippen LogP contribution is 2.28. The fraction of sp³-hybridized carbons (Fsp3) is 0.706. The number of hydrogen-bond donors (Lipinski definition) is 1. The third kappa shape index (κ3) is 4.67. The van der Waals surface area contributed by atoms with Crippen molar-refractivity contribution in [3.63, 3.8) is 0 Å². The highest BCUT2D eigenvalue weighted by molar-refractivity contribution is 5.85. The maximum atomic E-state index is 4.30. The summed E-state index contributed by atoms with van der Waals surface area (Å²) in [5, 5.41) is 3.54. The van der Waals surface area contributed by atoms with Gasteiger partial charge in [-0.25, -0.2) is 0 Å². The first kappa shape index (κ1) is 16.7. The molecule has 1 unspecified atom stereocenters. The zero-order valence-electron chi connectivity index (χ0n) is 12.8. The minimum Gasteiger partial charge on any atom is -0.314 e. The van der Waals surface area contributed by atoms with Crippen LogP contribution in [-0.2, 0) is 0 Å². The van der Waals surface area contributed by atoms with Gasteiger partial charge in [-0.2, -0.15) is 0 Å². The number of piperazine rings is 1. The molecular formula is C17H28ClN3. The van der Waals surface area contributed by atoms with E-state index in [4.69, 9.17) is 0 Å². The van der Waals surface area contributed by atoms with Crippen molar-refractivity contribution in [1.82, 2.24) is 15.2 Å². The number of nitrogens with zero attached hydrogens (tertiary/aromatic N) is 2. The molecule has 118 valence electrons. The van der Waals surface area contributed by atoms with Crippen LogP contribution >= 0.6 is 12.4 Å². The lowest BCUT2D eigenvalue weighted by atomic mass is 9.97. The molecule has 3 rings (SSSR count). The van der Waals surface area contributed by atoms with Crippen molar-refractivity contribution in [3.8, 4) is 0 Å². The van der Waals surface area contributed by atoms with Crippen LogP contribution in [0.2, 0.25) is 0 Å². The fourth-order valence-electron chi connectivity index (χ4n) is 3.74. The second-order valence-corrected chi connectivity index (χ2v) is 6.36. The Morgan fingerprint density at radius 3 is 2.71 bits per heavy atom. The molecule has 4 heteroatoms. The third-order valence-corrected chi connectivity index (χ3v) is 4.89. The predicted molar refractivity (Wildman–Crippen MR) is 89.9 cm³/mol. The van der Waals surface area contributed by atoms with Crippen LogP contribution in [-0.4, -0.2) is 36.1 Å². The lowest BCUT2D eigenvalue weighted by Gasteiger charge is -2.38. The first-order chi connectivity index (χ1) is 9.93. The molecule has 1 saturated carbocycles. The fourth-order valence-corrected chi connectivity index (χ4v) is 3.74. The lowest BCUT2D eigenvalue weighted by molar-refractivity contribution is 0.131. The molecule has 1 aromatic rings. The van der Waals surface area contributed by atoms with E-state index in [0.717, 1.165) is 19.0 Å². The Bertz CT molecular complexity index is 390. The molecule has 0 aromatic carbocycles. The molecule has 1 N–H and O–H groups in total. The summed E-state index contributed by atoms with van der Waals surface area (Å²) < 4.78 is 0. The molecule has 2 fully saturated rings. The minimum absolute atomic E-state index is 0. The summed E-state index contributed by atoms with van der Waals surface area (Å²) in [7, 11) is 0. The molecule has 3 nitrogen and oxygen atoms in total. The van der Waals surface area contributed by atoms with Crippen molar-refractivity contribution in [1.29, 1.82) is 0 Å². The molecule has 0 radical (unpaired) electrons. The van der Waals surface area contributed by atoms with Crippen molar-refractivity contribution in [2.45, 2.75) is 44.6 Å². The second kappa shape index (κ2) is 8.72. The van der Waals surface area contributed by atoms with E-state index >= 15 is 0 Å². The Morgan fingerprint density at radius 1 is 1.19 bits per heavy atom. The number of hydrogen-bond acceptors (Lipinski definition) is 3. The van der Waals surface area contributed by atoms with Crippen LogP contribution in [0.25, 0.3) is 0 Å². The highest BCUT2D eigenvalue weighted by atomic mass is 35.5. The second-order valence-electron chi connectivity index (χ2n) is 6.36. The SMILES string of the molecule is Cl.c1cncc(C2CNCCN2CC2CCCCCC2)c1. The zero-order valence-corrected chi connectivity index (χ0v) is 13.7. The smallest absolute Gasteiger partial charge is 0.0488 e. The van der Waals surface area contributed by atoms with Crippen LogP contribution in [0.5, 0.6) is 0 Å². The maximum absolute atomic E-state index is 4.30. The number of halogens is 1. The van der Waals surface area contributed by atoms with E-state index in [9.17, 15) is 0 Å². The average Bonchev–Trinajstić information content (AvgIpc) is 2.77. The molecular weight excluding hydrogens is 282 g/mol. The van der Waals surface area contributed by atoms with E-state index in [0.29, 0.717) is 6.04 Å². The van der Waals surface area contributed by atoms with Gasteiger partial charge in [0, 0.05) is 44.6 Å². The molecule has 1 atom stereocenters. The summed E-state index contributed by atoms with van der Waals surface area (Å²) in [5.74, 6) is 0.912. The van der Waals surface area contributed by atoms with Gasteiger partial charge in [0.2, 0.25) is 0 Å². The van der Waals surface area contributed by atoms with Crippen molar-refractivity contribution < 1.29 is 0 Å². The largest absolute Gasteiger partial charge is 0.314 e. The summed E-state index contributed by atoms with van der Waals surface area (Å²) in [6.07, 6.45) is 12.6. The minimum atomic E-state index is 0. The van der Waals surface area contributed by atoms with Gasteiger partial charge in [0.15, 0.2) is 0 Å². The summed E-state index contributed by atoms with van der Waals surface area (Å²) in [5.41, 5.74) is 1.37. The van der Waals surface area contributed by atoms with Gasteiger partial charge in [0.05, 0.1) is 0 Å². The van der Waals surface area contributed by atoms with Crippen LogP contribution in [0.1, 0.15) is 50.1 Å². The first-order valence-corrected chi connectivity index (χ1v) is 8.28. The van der Waals surface area contributed by atoms with E-state index in [1.165, 1.54) is 57.2 Å². The van der Waals surface area contributed by atoms with Gasteiger partial charge in [0.1, 0.15) is 0 Å². The quantitative estimate of drug-likeness (QED) is 0.867. The number of nitrogens with one attached hydrogen (secondary N) is 1. The van der Waals surface area contributed by atoms with Gasteiger partial charge in [-0.1, -0.05) is 31.7 Å². The van der Waals surface area contributed by atoms with Crippen LogP contribution in [0, 0.1) is 5.92 Å². The third-order valence-electron chi connectivity index (χ3n) is 4.89. The maximum Gasteiger partial charge on any atom is 0.0488 e. The standard InChI is InChI=1S/C17H27N3.ClH/c1-2-4-7-15(6-3-1)14-20-11-10-19-13-17(20)16-8-5-9-18-12-16;/h5,8-9,12,15,17,19H,1-4,6-7,10-11,13-14H2;1H. The number of rotatable bonds is 3. The molecule has 2 aliphatic rings. The van der Waals surface area contributed by atoms with E-state index in [1.807, 2.05) is 12.4 Å². The van der Waals surface area contributed by atoms with Crippen LogP contribution in [0.15, 0.2) is 24.5 Å². The Morgan fingerprint density at radius 2 is 2.00 bits per heavy atom. The van der Waals surface area contributed by atoms with Crippen LogP contribution in [0.4, 0.5) is 0 Å². The summed E-state index contributed by atoms with van der Waals surface area (Å²) >= 11 is 0. The van der Waals surface area contributed by atoms with Gasteiger partial charge in [-0.15, -0.1) is 12.4 Å². The number of aromatic nitrogens is 1. The Kier molecular flexibility index (Phi) is 6.94. The van der Waals surface area contributed by atoms with E-state index in [1.54, 1.807) is 0 Å². The monoisotopic (exact) mass is 309 g/mol. The van der Waals surface area contributed by atoms with Gasteiger partial charge in [0.25, 0.3) is 0 Å². The highest BCUT2D eigenvalue weighted by Gasteiger charge is 2.26. The van der Waals surface area contributed by atoms with Crippen molar-refractivity contribution in [3.05, 3.63) is 30.1 Å². The summed E-state index contributed by atoms with van der Waals surface area (Å²) in [6.45, 7) is 4.65. The Labute approximate surface area is 134 Å². The van der Waals surface area contributed by atoms with Crippen molar-refractivity contribution in [2.75, 3.05) is 26.2 Å². The van der Waals surface area contributed by atoms with E-state index in [2.05, 4.69) is 27.3 Å². The number of pyridine rings is 1. The average molecular weight is 310 g/mol. The summed E-state index contributed by atoms with van der Waals surface area (Å²) in [4.78, 5) is 7.00. The first-order valence-electron chi connectivity index (χ1n) is 8.28.